The predicted molar refractivity (Wildman–Crippen MR) is 75.9 cm³/mol. The fraction of sp³-hybridized carbons (Fsp3) is 0.200. The van der Waals surface area contributed by atoms with Crippen molar-refractivity contribution >= 4 is 15.9 Å². The molecular weight excluding hydrogens is 311 g/mol. The van der Waals surface area contributed by atoms with Gasteiger partial charge in [-0.2, -0.15) is 0 Å². The molecule has 0 aliphatic carbocycles. The molecule has 0 aromatic heterocycles. The molecule has 100 valence electrons. The lowest BCUT2D eigenvalue weighted by molar-refractivity contribution is 0.212. The number of methoxy groups -OCH3 is 1. The molecule has 19 heavy (non-hydrogen) atoms. The molecule has 0 bridgehead atoms. The zero-order valence-electron chi connectivity index (χ0n) is 10.7. The lowest BCUT2D eigenvalue weighted by Gasteiger charge is -2.16. The summed E-state index contributed by atoms with van der Waals surface area (Å²) < 4.78 is 19.9. The normalized spacial score (nSPS) is 12.3. The highest BCUT2D eigenvalue weighted by molar-refractivity contribution is 9.10. The van der Waals surface area contributed by atoms with Gasteiger partial charge in [0, 0.05) is 10.0 Å². The second-order valence-corrected chi connectivity index (χ2v) is 5.18. The predicted octanol–water partition coefficient (Wildman–Crippen LogP) is 3.99. The number of hydrogen-bond acceptors (Lipinski definition) is 2. The molecule has 0 saturated carbocycles. The second kappa shape index (κ2) is 5.72. The monoisotopic (exact) mass is 324 g/mol. The molecule has 0 amide bonds. The minimum Gasteiger partial charge on any atom is -0.494 e. The molecule has 1 N–H and O–H groups in total. The van der Waals surface area contributed by atoms with Gasteiger partial charge < -0.3 is 9.84 Å². The third kappa shape index (κ3) is 2.80. The van der Waals surface area contributed by atoms with Gasteiger partial charge in [0.15, 0.2) is 11.6 Å². The van der Waals surface area contributed by atoms with Crippen LogP contribution in [0.1, 0.15) is 22.8 Å². The number of ether oxygens (including phenoxy) is 1. The topological polar surface area (TPSA) is 29.5 Å². The maximum absolute atomic E-state index is 14.1. The van der Waals surface area contributed by atoms with E-state index in [-0.39, 0.29) is 11.3 Å². The third-order valence-electron chi connectivity index (χ3n) is 3.04. The van der Waals surface area contributed by atoms with Crippen LogP contribution in [0.5, 0.6) is 5.75 Å². The maximum atomic E-state index is 14.1. The van der Waals surface area contributed by atoms with E-state index >= 15 is 0 Å². The van der Waals surface area contributed by atoms with Crippen molar-refractivity contribution < 1.29 is 14.2 Å². The van der Waals surface area contributed by atoms with Crippen LogP contribution in [0.25, 0.3) is 0 Å². The van der Waals surface area contributed by atoms with Gasteiger partial charge in [0.05, 0.1) is 7.11 Å². The number of rotatable bonds is 3. The number of aliphatic hydroxyl groups is 1. The average molecular weight is 325 g/mol. The third-order valence-corrected chi connectivity index (χ3v) is 3.54. The second-order valence-electron chi connectivity index (χ2n) is 4.27. The van der Waals surface area contributed by atoms with Gasteiger partial charge in [0.2, 0.25) is 0 Å². The highest BCUT2D eigenvalue weighted by Gasteiger charge is 2.19. The number of halogens is 2. The molecule has 0 aliphatic rings. The van der Waals surface area contributed by atoms with E-state index in [9.17, 15) is 9.50 Å². The van der Waals surface area contributed by atoms with Crippen LogP contribution < -0.4 is 4.74 Å². The Hall–Kier alpha value is -1.39. The number of aliphatic hydroxyl groups excluding tert-OH is 1. The summed E-state index contributed by atoms with van der Waals surface area (Å²) in [6.45, 7) is 1.88. The molecule has 0 saturated heterocycles. The fourth-order valence-electron chi connectivity index (χ4n) is 1.97. The van der Waals surface area contributed by atoms with Gasteiger partial charge in [-0.3, -0.25) is 0 Å². The Balaban J connectivity index is 2.50. The first-order valence-corrected chi connectivity index (χ1v) is 6.60. The van der Waals surface area contributed by atoms with Gasteiger partial charge in [0.1, 0.15) is 6.10 Å². The zero-order chi connectivity index (χ0) is 14.0. The quantitative estimate of drug-likeness (QED) is 0.925. The van der Waals surface area contributed by atoms with E-state index in [1.807, 2.05) is 19.1 Å². The Kier molecular flexibility index (Phi) is 4.22. The summed E-state index contributed by atoms with van der Waals surface area (Å²) in [4.78, 5) is 0. The maximum Gasteiger partial charge on any atom is 0.171 e. The summed E-state index contributed by atoms with van der Waals surface area (Å²) in [6, 6.07) is 10.3. The van der Waals surface area contributed by atoms with Gasteiger partial charge in [-0.1, -0.05) is 34.1 Å². The highest BCUT2D eigenvalue weighted by Crippen LogP contribution is 2.31. The van der Waals surface area contributed by atoms with E-state index in [2.05, 4.69) is 15.9 Å². The van der Waals surface area contributed by atoms with E-state index in [1.165, 1.54) is 13.2 Å². The van der Waals surface area contributed by atoms with Crippen LogP contribution in [0.15, 0.2) is 40.9 Å². The molecule has 1 atom stereocenters. The number of hydrogen-bond donors (Lipinski definition) is 1. The Morgan fingerprint density at radius 1 is 1.21 bits per heavy atom. The zero-order valence-corrected chi connectivity index (χ0v) is 12.2. The first kappa shape index (κ1) is 14.0. The summed E-state index contributed by atoms with van der Waals surface area (Å²) in [5, 5.41) is 10.4. The van der Waals surface area contributed by atoms with Gasteiger partial charge >= 0.3 is 0 Å². The van der Waals surface area contributed by atoms with Crippen molar-refractivity contribution in [1.29, 1.82) is 0 Å². The minimum absolute atomic E-state index is 0.129. The van der Waals surface area contributed by atoms with Crippen molar-refractivity contribution in [2.75, 3.05) is 7.11 Å². The molecular formula is C15H14BrFO2. The van der Waals surface area contributed by atoms with Crippen molar-refractivity contribution in [3.05, 3.63) is 63.4 Å². The Labute approximate surface area is 120 Å². The summed E-state index contributed by atoms with van der Waals surface area (Å²) in [7, 11) is 1.40. The average Bonchev–Trinajstić information content (AvgIpc) is 2.41. The van der Waals surface area contributed by atoms with Crippen LogP contribution in [-0.2, 0) is 0 Å². The lowest BCUT2D eigenvalue weighted by Crippen LogP contribution is -2.05. The molecule has 0 spiro atoms. The standard InChI is InChI=1S/C15H14BrFO2/c1-9-6-7-10(16)8-12(9)15(18)11-4-3-5-13(19-2)14(11)17/h3-8,15,18H,1-2H3. The Bertz CT molecular complexity index is 599. The molecule has 2 rings (SSSR count). The minimum atomic E-state index is -1.02. The molecule has 0 radical (unpaired) electrons. The van der Waals surface area contributed by atoms with Crippen molar-refractivity contribution in [3.63, 3.8) is 0 Å². The van der Waals surface area contributed by atoms with E-state index in [0.29, 0.717) is 5.56 Å². The SMILES string of the molecule is COc1cccc(C(O)c2cc(Br)ccc2C)c1F. The molecule has 4 heteroatoms. The van der Waals surface area contributed by atoms with Crippen molar-refractivity contribution in [2.45, 2.75) is 13.0 Å². The van der Waals surface area contributed by atoms with Crippen LogP contribution in [0.2, 0.25) is 0 Å². The first-order valence-electron chi connectivity index (χ1n) is 5.81. The molecule has 1 unspecified atom stereocenters. The lowest BCUT2D eigenvalue weighted by atomic mass is 9.97. The number of aryl methyl sites for hydroxylation is 1. The van der Waals surface area contributed by atoms with Crippen LogP contribution in [0.4, 0.5) is 4.39 Å². The number of benzene rings is 2. The molecule has 2 aromatic carbocycles. The Morgan fingerprint density at radius 3 is 2.63 bits per heavy atom. The molecule has 2 nitrogen and oxygen atoms in total. The molecule has 0 heterocycles. The van der Waals surface area contributed by atoms with Crippen molar-refractivity contribution in [3.8, 4) is 5.75 Å². The van der Waals surface area contributed by atoms with Crippen LogP contribution in [0, 0.1) is 12.7 Å². The highest BCUT2D eigenvalue weighted by atomic mass is 79.9. The van der Waals surface area contributed by atoms with E-state index < -0.39 is 11.9 Å². The summed E-state index contributed by atoms with van der Waals surface area (Å²) in [6.07, 6.45) is -1.02. The van der Waals surface area contributed by atoms with Crippen molar-refractivity contribution in [2.24, 2.45) is 0 Å². The van der Waals surface area contributed by atoms with Crippen LogP contribution in [0.3, 0.4) is 0 Å². The molecule has 0 fully saturated rings. The van der Waals surface area contributed by atoms with Crippen molar-refractivity contribution in [1.82, 2.24) is 0 Å². The molecule has 2 aromatic rings. The summed E-state index contributed by atoms with van der Waals surface area (Å²) in [5.74, 6) is -0.402. The first-order chi connectivity index (χ1) is 9.04. The summed E-state index contributed by atoms with van der Waals surface area (Å²) in [5.41, 5.74) is 1.78. The largest absolute Gasteiger partial charge is 0.494 e. The van der Waals surface area contributed by atoms with Crippen LogP contribution >= 0.6 is 15.9 Å². The van der Waals surface area contributed by atoms with E-state index in [0.717, 1.165) is 10.0 Å². The molecule has 0 aliphatic heterocycles. The fourth-order valence-corrected chi connectivity index (χ4v) is 2.35. The van der Waals surface area contributed by atoms with E-state index in [4.69, 9.17) is 4.74 Å². The van der Waals surface area contributed by atoms with Gasteiger partial charge in [-0.15, -0.1) is 0 Å². The van der Waals surface area contributed by atoms with Gasteiger partial charge in [-0.25, -0.2) is 4.39 Å². The van der Waals surface area contributed by atoms with Gasteiger partial charge in [-0.05, 0) is 36.2 Å². The van der Waals surface area contributed by atoms with E-state index in [1.54, 1.807) is 18.2 Å². The Morgan fingerprint density at radius 2 is 1.95 bits per heavy atom. The van der Waals surface area contributed by atoms with Gasteiger partial charge in [0.25, 0.3) is 0 Å². The summed E-state index contributed by atoms with van der Waals surface area (Å²) >= 11 is 3.35. The smallest absolute Gasteiger partial charge is 0.171 e. The van der Waals surface area contributed by atoms with Crippen LogP contribution in [-0.4, -0.2) is 12.2 Å².